The van der Waals surface area contributed by atoms with Gasteiger partial charge in [0, 0.05) is 5.69 Å². The fraction of sp³-hybridized carbons (Fsp3) is 0.136. The number of rotatable bonds is 5. The molecule has 0 bridgehead atoms. The summed E-state index contributed by atoms with van der Waals surface area (Å²) in [5, 5.41) is 7.34. The molecule has 0 aliphatic heterocycles. The predicted molar refractivity (Wildman–Crippen MR) is 110 cm³/mol. The summed E-state index contributed by atoms with van der Waals surface area (Å²) in [7, 11) is 0. The number of para-hydroxylation sites is 1. The average molecular weight is 346 g/mol. The van der Waals surface area contributed by atoms with Gasteiger partial charge in [-0.2, -0.15) is 0 Å². The molecular weight excluding hydrogens is 324 g/mol. The standard InChI is InChI=1S/C22H22N2S/c1-17(19-12-6-3-7-13-19)23-22(25)24-21-15-9-8-14-20(21)16-18-10-4-2-5-11-18/h2-15,17H,16H2,1H3,(H2,23,24,25). The molecule has 1 atom stereocenters. The van der Waals surface area contributed by atoms with Gasteiger partial charge in [0.25, 0.3) is 0 Å². The van der Waals surface area contributed by atoms with Gasteiger partial charge in [0.1, 0.15) is 0 Å². The van der Waals surface area contributed by atoms with E-state index in [0.717, 1.165) is 12.1 Å². The second-order valence-electron chi connectivity index (χ2n) is 6.05. The Bertz CT molecular complexity index is 816. The summed E-state index contributed by atoms with van der Waals surface area (Å²) < 4.78 is 0. The van der Waals surface area contributed by atoms with Crippen molar-refractivity contribution in [2.75, 3.05) is 5.32 Å². The third kappa shape index (κ3) is 4.91. The fourth-order valence-corrected chi connectivity index (χ4v) is 3.08. The van der Waals surface area contributed by atoms with Crippen LogP contribution in [0, 0.1) is 0 Å². The van der Waals surface area contributed by atoms with E-state index in [1.165, 1.54) is 16.7 Å². The zero-order valence-corrected chi connectivity index (χ0v) is 15.1. The van der Waals surface area contributed by atoms with Crippen LogP contribution in [0.15, 0.2) is 84.9 Å². The van der Waals surface area contributed by atoms with Crippen LogP contribution < -0.4 is 10.6 Å². The lowest BCUT2D eigenvalue weighted by Crippen LogP contribution is -2.31. The number of hydrogen-bond acceptors (Lipinski definition) is 1. The minimum atomic E-state index is 0.155. The molecule has 3 aromatic carbocycles. The smallest absolute Gasteiger partial charge is 0.171 e. The van der Waals surface area contributed by atoms with Crippen molar-refractivity contribution in [1.82, 2.24) is 5.32 Å². The second kappa shape index (κ2) is 8.45. The highest BCUT2D eigenvalue weighted by molar-refractivity contribution is 7.80. The number of hydrogen-bond donors (Lipinski definition) is 2. The zero-order valence-electron chi connectivity index (χ0n) is 14.3. The van der Waals surface area contributed by atoms with Crippen molar-refractivity contribution in [2.24, 2.45) is 0 Å². The molecule has 1 unspecified atom stereocenters. The molecule has 2 N–H and O–H groups in total. The van der Waals surface area contributed by atoms with Crippen LogP contribution in [0.1, 0.15) is 29.7 Å². The molecule has 3 aromatic rings. The van der Waals surface area contributed by atoms with Gasteiger partial charge in [-0.1, -0.05) is 78.9 Å². The van der Waals surface area contributed by atoms with Crippen LogP contribution in [0.2, 0.25) is 0 Å². The van der Waals surface area contributed by atoms with E-state index in [1.807, 2.05) is 30.3 Å². The van der Waals surface area contributed by atoms with Crippen LogP contribution in [0.5, 0.6) is 0 Å². The summed E-state index contributed by atoms with van der Waals surface area (Å²) in [6.45, 7) is 2.11. The minimum absolute atomic E-state index is 0.155. The van der Waals surface area contributed by atoms with E-state index in [-0.39, 0.29) is 6.04 Å². The van der Waals surface area contributed by atoms with E-state index in [9.17, 15) is 0 Å². The highest BCUT2D eigenvalue weighted by atomic mass is 32.1. The fourth-order valence-electron chi connectivity index (χ4n) is 2.79. The first kappa shape index (κ1) is 17.2. The Hall–Kier alpha value is -2.65. The first-order valence-corrected chi connectivity index (χ1v) is 8.87. The third-order valence-electron chi connectivity index (χ3n) is 4.15. The quantitative estimate of drug-likeness (QED) is 0.611. The van der Waals surface area contributed by atoms with E-state index < -0.39 is 0 Å². The van der Waals surface area contributed by atoms with Gasteiger partial charge in [0.05, 0.1) is 6.04 Å². The number of anilines is 1. The van der Waals surface area contributed by atoms with Crippen LogP contribution in [-0.2, 0) is 6.42 Å². The summed E-state index contributed by atoms with van der Waals surface area (Å²) in [6, 6.07) is 29.2. The van der Waals surface area contributed by atoms with E-state index >= 15 is 0 Å². The van der Waals surface area contributed by atoms with Crippen LogP contribution in [0.25, 0.3) is 0 Å². The Morgan fingerprint density at radius 1 is 0.840 bits per heavy atom. The molecule has 0 saturated carbocycles. The summed E-state index contributed by atoms with van der Waals surface area (Å²) in [5.74, 6) is 0. The molecule has 0 aliphatic carbocycles. The van der Waals surface area contributed by atoms with E-state index in [1.54, 1.807) is 0 Å². The topological polar surface area (TPSA) is 24.1 Å². The molecule has 0 aromatic heterocycles. The predicted octanol–water partition coefficient (Wildman–Crippen LogP) is 5.33. The molecule has 0 aliphatic rings. The third-order valence-corrected chi connectivity index (χ3v) is 4.37. The van der Waals surface area contributed by atoms with Gasteiger partial charge in [-0.15, -0.1) is 0 Å². The Balaban J connectivity index is 1.67. The van der Waals surface area contributed by atoms with Crippen molar-refractivity contribution < 1.29 is 0 Å². The number of nitrogens with one attached hydrogen (secondary N) is 2. The molecule has 0 saturated heterocycles. The van der Waals surface area contributed by atoms with Crippen molar-refractivity contribution in [3.63, 3.8) is 0 Å². The number of benzene rings is 3. The van der Waals surface area contributed by atoms with Crippen molar-refractivity contribution in [3.8, 4) is 0 Å². The van der Waals surface area contributed by atoms with E-state index in [4.69, 9.17) is 12.2 Å². The van der Waals surface area contributed by atoms with Crippen molar-refractivity contribution in [2.45, 2.75) is 19.4 Å². The lowest BCUT2D eigenvalue weighted by Gasteiger charge is -2.19. The molecule has 3 heteroatoms. The Morgan fingerprint density at radius 3 is 2.16 bits per heavy atom. The molecule has 0 radical (unpaired) electrons. The number of thiocarbonyl (C=S) groups is 1. The van der Waals surface area contributed by atoms with Gasteiger partial charge in [-0.25, -0.2) is 0 Å². The SMILES string of the molecule is CC(NC(=S)Nc1ccccc1Cc1ccccc1)c1ccccc1. The van der Waals surface area contributed by atoms with Crippen LogP contribution in [-0.4, -0.2) is 5.11 Å². The Kier molecular flexibility index (Phi) is 5.81. The monoisotopic (exact) mass is 346 g/mol. The molecule has 0 fully saturated rings. The largest absolute Gasteiger partial charge is 0.356 e. The summed E-state index contributed by atoms with van der Waals surface area (Å²) in [5.41, 5.74) is 4.77. The van der Waals surface area contributed by atoms with Crippen LogP contribution in [0.4, 0.5) is 5.69 Å². The van der Waals surface area contributed by atoms with Crippen molar-refractivity contribution in [1.29, 1.82) is 0 Å². The van der Waals surface area contributed by atoms with E-state index in [2.05, 4.69) is 72.2 Å². The Labute approximate surface area is 154 Å². The molecule has 2 nitrogen and oxygen atoms in total. The van der Waals surface area contributed by atoms with Gasteiger partial charge in [0.2, 0.25) is 0 Å². The highest BCUT2D eigenvalue weighted by Gasteiger charge is 2.08. The lowest BCUT2D eigenvalue weighted by atomic mass is 10.0. The van der Waals surface area contributed by atoms with Crippen LogP contribution >= 0.6 is 12.2 Å². The average Bonchev–Trinajstić information content (AvgIpc) is 2.65. The lowest BCUT2D eigenvalue weighted by molar-refractivity contribution is 0.722. The zero-order chi connectivity index (χ0) is 17.5. The summed E-state index contributed by atoms with van der Waals surface area (Å²) in [4.78, 5) is 0. The maximum absolute atomic E-state index is 5.51. The highest BCUT2D eigenvalue weighted by Crippen LogP contribution is 2.19. The normalized spacial score (nSPS) is 11.6. The van der Waals surface area contributed by atoms with Crippen molar-refractivity contribution >= 4 is 23.0 Å². The van der Waals surface area contributed by atoms with Gasteiger partial charge in [-0.05, 0) is 48.3 Å². The summed E-state index contributed by atoms with van der Waals surface area (Å²) >= 11 is 5.51. The minimum Gasteiger partial charge on any atom is -0.356 e. The summed E-state index contributed by atoms with van der Waals surface area (Å²) in [6.07, 6.45) is 0.876. The molecule has 25 heavy (non-hydrogen) atoms. The molecule has 3 rings (SSSR count). The maximum atomic E-state index is 5.51. The molecular formula is C22H22N2S. The maximum Gasteiger partial charge on any atom is 0.171 e. The Morgan fingerprint density at radius 2 is 1.44 bits per heavy atom. The van der Waals surface area contributed by atoms with Crippen LogP contribution in [0.3, 0.4) is 0 Å². The molecule has 0 amide bonds. The first-order chi connectivity index (χ1) is 12.2. The first-order valence-electron chi connectivity index (χ1n) is 8.46. The molecule has 0 spiro atoms. The van der Waals surface area contributed by atoms with Crippen molar-refractivity contribution in [3.05, 3.63) is 102 Å². The molecule has 126 valence electrons. The van der Waals surface area contributed by atoms with Gasteiger partial charge < -0.3 is 10.6 Å². The van der Waals surface area contributed by atoms with Gasteiger partial charge >= 0.3 is 0 Å². The molecule has 0 heterocycles. The van der Waals surface area contributed by atoms with E-state index in [0.29, 0.717) is 5.11 Å². The van der Waals surface area contributed by atoms with Gasteiger partial charge in [-0.3, -0.25) is 0 Å². The second-order valence-corrected chi connectivity index (χ2v) is 6.46. The van der Waals surface area contributed by atoms with Gasteiger partial charge in [0.15, 0.2) is 5.11 Å².